The number of rotatable bonds is 5. The van der Waals surface area contributed by atoms with Gasteiger partial charge >= 0.3 is 0 Å². The average molecular weight is 338 g/mol. The van der Waals surface area contributed by atoms with Gasteiger partial charge in [0.25, 0.3) is 5.91 Å². The normalized spacial score (nSPS) is 13.9. The van der Waals surface area contributed by atoms with Crippen LogP contribution >= 0.6 is 0 Å². The molecule has 0 bridgehead atoms. The monoisotopic (exact) mass is 338 g/mol. The van der Waals surface area contributed by atoms with Crippen molar-refractivity contribution in [1.82, 2.24) is 5.32 Å². The van der Waals surface area contributed by atoms with Gasteiger partial charge in [0.2, 0.25) is 11.8 Å². The van der Waals surface area contributed by atoms with E-state index in [-0.39, 0.29) is 30.6 Å². The second-order valence-corrected chi connectivity index (χ2v) is 5.70. The van der Waals surface area contributed by atoms with Crippen molar-refractivity contribution < 1.29 is 19.1 Å². The van der Waals surface area contributed by atoms with Gasteiger partial charge in [-0.15, -0.1) is 0 Å². The highest BCUT2D eigenvalue weighted by Crippen LogP contribution is 2.22. The van der Waals surface area contributed by atoms with Crippen LogP contribution in [-0.2, 0) is 16.1 Å². The van der Waals surface area contributed by atoms with Gasteiger partial charge in [0, 0.05) is 24.9 Å². The van der Waals surface area contributed by atoms with Crippen molar-refractivity contribution in [2.45, 2.75) is 19.4 Å². The zero-order valence-corrected chi connectivity index (χ0v) is 13.8. The van der Waals surface area contributed by atoms with Crippen LogP contribution in [0.4, 0.5) is 5.69 Å². The molecule has 3 amide bonds. The maximum absolute atomic E-state index is 12.2. The molecule has 0 saturated carbocycles. The van der Waals surface area contributed by atoms with Crippen LogP contribution in [-0.4, -0.2) is 24.8 Å². The zero-order valence-electron chi connectivity index (χ0n) is 13.8. The molecule has 0 radical (unpaired) electrons. The van der Waals surface area contributed by atoms with Crippen LogP contribution < -0.4 is 15.0 Å². The van der Waals surface area contributed by atoms with Gasteiger partial charge in [0.1, 0.15) is 5.75 Å². The Bertz CT molecular complexity index is 781. The molecule has 3 rings (SSSR count). The van der Waals surface area contributed by atoms with E-state index < -0.39 is 0 Å². The second kappa shape index (κ2) is 7.17. The molecule has 0 aromatic heterocycles. The smallest absolute Gasteiger partial charge is 0.251 e. The molecule has 1 heterocycles. The fraction of sp³-hybridized carbons (Fsp3) is 0.211. The van der Waals surface area contributed by atoms with E-state index in [2.05, 4.69) is 5.32 Å². The number of hydrogen-bond acceptors (Lipinski definition) is 4. The van der Waals surface area contributed by atoms with Gasteiger partial charge in [-0.2, -0.15) is 0 Å². The number of carbonyl (C=O) groups excluding carboxylic acids is 3. The molecule has 1 aliphatic rings. The first-order valence-corrected chi connectivity index (χ1v) is 7.95. The molecule has 128 valence electrons. The molecule has 0 aliphatic carbocycles. The molecule has 0 atom stereocenters. The minimum absolute atomic E-state index is 0.207. The van der Waals surface area contributed by atoms with E-state index in [1.54, 1.807) is 31.4 Å². The van der Waals surface area contributed by atoms with E-state index in [9.17, 15) is 14.4 Å². The first kappa shape index (κ1) is 16.7. The van der Waals surface area contributed by atoms with Gasteiger partial charge in [-0.1, -0.05) is 12.1 Å². The third kappa shape index (κ3) is 3.68. The van der Waals surface area contributed by atoms with Crippen molar-refractivity contribution in [3.63, 3.8) is 0 Å². The number of nitrogens with zero attached hydrogens (tertiary/aromatic N) is 1. The summed E-state index contributed by atoms with van der Waals surface area (Å²) in [5.41, 5.74) is 1.93. The maximum atomic E-state index is 12.2. The van der Waals surface area contributed by atoms with Gasteiger partial charge in [-0.3, -0.25) is 19.3 Å². The standard InChI is InChI=1S/C19H18N2O4/c1-25-16-8-2-13(3-9-16)12-20-19(24)14-4-6-15(7-5-14)21-17(22)10-11-18(21)23/h2-9H,10-12H2,1H3,(H,20,24). The summed E-state index contributed by atoms with van der Waals surface area (Å²) in [4.78, 5) is 36.8. The molecular weight excluding hydrogens is 320 g/mol. The Kier molecular flexibility index (Phi) is 4.79. The summed E-state index contributed by atoms with van der Waals surface area (Å²) in [6.07, 6.45) is 0.478. The third-order valence-electron chi connectivity index (χ3n) is 4.05. The largest absolute Gasteiger partial charge is 0.497 e. The van der Waals surface area contributed by atoms with Gasteiger partial charge < -0.3 is 10.1 Å². The van der Waals surface area contributed by atoms with Crippen LogP contribution in [0.25, 0.3) is 0 Å². The lowest BCUT2D eigenvalue weighted by atomic mass is 10.1. The van der Waals surface area contributed by atoms with E-state index in [1.807, 2.05) is 24.3 Å². The maximum Gasteiger partial charge on any atom is 0.251 e. The topological polar surface area (TPSA) is 75.7 Å². The van der Waals surface area contributed by atoms with Crippen LogP contribution in [0.3, 0.4) is 0 Å². The highest BCUT2D eigenvalue weighted by Gasteiger charge is 2.30. The van der Waals surface area contributed by atoms with Gasteiger partial charge in [-0.25, -0.2) is 0 Å². The van der Waals surface area contributed by atoms with E-state index >= 15 is 0 Å². The molecule has 6 heteroatoms. The Balaban J connectivity index is 1.62. The summed E-state index contributed by atoms with van der Waals surface area (Å²) >= 11 is 0. The van der Waals surface area contributed by atoms with Crippen molar-refractivity contribution in [3.8, 4) is 5.75 Å². The summed E-state index contributed by atoms with van der Waals surface area (Å²) in [6.45, 7) is 0.397. The highest BCUT2D eigenvalue weighted by atomic mass is 16.5. The minimum Gasteiger partial charge on any atom is -0.497 e. The summed E-state index contributed by atoms with van der Waals surface area (Å²) in [7, 11) is 1.60. The van der Waals surface area contributed by atoms with Crippen molar-refractivity contribution >= 4 is 23.4 Å². The molecule has 6 nitrogen and oxygen atoms in total. The minimum atomic E-state index is -0.221. The Hall–Kier alpha value is -3.15. The van der Waals surface area contributed by atoms with Crippen molar-refractivity contribution in [1.29, 1.82) is 0 Å². The summed E-state index contributed by atoms with van der Waals surface area (Å²) < 4.78 is 5.09. The Morgan fingerprint density at radius 1 is 1.00 bits per heavy atom. The lowest BCUT2D eigenvalue weighted by molar-refractivity contribution is -0.121. The van der Waals surface area contributed by atoms with Gasteiger partial charge in [-0.05, 0) is 42.0 Å². The zero-order chi connectivity index (χ0) is 17.8. The molecule has 0 spiro atoms. The Labute approximate surface area is 145 Å². The van der Waals surface area contributed by atoms with Crippen molar-refractivity contribution in [3.05, 3.63) is 59.7 Å². The van der Waals surface area contributed by atoms with E-state index in [4.69, 9.17) is 4.74 Å². The second-order valence-electron chi connectivity index (χ2n) is 5.70. The van der Waals surface area contributed by atoms with E-state index in [1.165, 1.54) is 4.90 Å². The van der Waals surface area contributed by atoms with Gasteiger partial charge in [0.15, 0.2) is 0 Å². The number of ether oxygens (including phenoxy) is 1. The number of anilines is 1. The molecule has 0 unspecified atom stereocenters. The molecule has 25 heavy (non-hydrogen) atoms. The summed E-state index contributed by atoms with van der Waals surface area (Å²) in [5.74, 6) is 0.126. The molecule has 2 aromatic rings. The molecule has 1 N–H and O–H groups in total. The molecule has 1 saturated heterocycles. The number of hydrogen-bond donors (Lipinski definition) is 1. The van der Waals surface area contributed by atoms with Crippen molar-refractivity contribution in [2.75, 3.05) is 12.0 Å². The van der Waals surface area contributed by atoms with Crippen molar-refractivity contribution in [2.24, 2.45) is 0 Å². The molecular formula is C19H18N2O4. The highest BCUT2D eigenvalue weighted by molar-refractivity contribution is 6.19. The number of carbonyl (C=O) groups is 3. The average Bonchev–Trinajstić information content (AvgIpc) is 2.98. The SMILES string of the molecule is COc1ccc(CNC(=O)c2ccc(N3C(=O)CCC3=O)cc2)cc1. The van der Waals surface area contributed by atoms with Crippen LogP contribution in [0.15, 0.2) is 48.5 Å². The number of imide groups is 1. The van der Waals surface area contributed by atoms with Crippen LogP contribution in [0.2, 0.25) is 0 Å². The van der Waals surface area contributed by atoms with E-state index in [0.717, 1.165) is 11.3 Å². The lowest BCUT2D eigenvalue weighted by Gasteiger charge is -2.14. The lowest BCUT2D eigenvalue weighted by Crippen LogP contribution is -2.28. The molecule has 1 aliphatic heterocycles. The first-order chi connectivity index (χ1) is 12.1. The fourth-order valence-corrected chi connectivity index (χ4v) is 2.65. The third-order valence-corrected chi connectivity index (χ3v) is 4.05. The summed E-state index contributed by atoms with van der Waals surface area (Å²) in [5, 5.41) is 2.83. The number of methoxy groups -OCH3 is 1. The van der Waals surface area contributed by atoms with E-state index in [0.29, 0.717) is 17.8 Å². The molecule has 2 aromatic carbocycles. The molecule has 1 fully saturated rings. The van der Waals surface area contributed by atoms with Crippen LogP contribution in [0, 0.1) is 0 Å². The Morgan fingerprint density at radius 3 is 2.16 bits per heavy atom. The van der Waals surface area contributed by atoms with Gasteiger partial charge in [0.05, 0.1) is 12.8 Å². The predicted molar refractivity (Wildman–Crippen MR) is 92.3 cm³/mol. The summed E-state index contributed by atoms with van der Waals surface area (Å²) in [6, 6.07) is 13.9. The van der Waals surface area contributed by atoms with Crippen LogP contribution in [0.1, 0.15) is 28.8 Å². The predicted octanol–water partition coefficient (Wildman–Crippen LogP) is 2.28. The van der Waals surface area contributed by atoms with Crippen LogP contribution in [0.5, 0.6) is 5.75 Å². The Morgan fingerprint density at radius 2 is 1.60 bits per heavy atom. The fourth-order valence-electron chi connectivity index (χ4n) is 2.65. The first-order valence-electron chi connectivity index (χ1n) is 7.95. The number of nitrogens with one attached hydrogen (secondary N) is 1. The quantitative estimate of drug-likeness (QED) is 0.849. The number of amides is 3. The number of benzene rings is 2.